The van der Waals surface area contributed by atoms with Gasteiger partial charge in [0.25, 0.3) is 6.43 Å². The molecule has 0 aromatic carbocycles. The molecular formula is C10H9ClF2INO2. The minimum Gasteiger partial charge on any atom is -0.466 e. The van der Waals surface area contributed by atoms with Gasteiger partial charge in [0.1, 0.15) is 5.69 Å². The van der Waals surface area contributed by atoms with Crippen LogP contribution in [-0.2, 0) is 16.0 Å². The molecule has 0 saturated carbocycles. The Hall–Kier alpha value is -0.500. The van der Waals surface area contributed by atoms with E-state index in [1.807, 2.05) is 22.6 Å². The van der Waals surface area contributed by atoms with Crippen LogP contribution in [0.15, 0.2) is 6.07 Å². The van der Waals surface area contributed by atoms with Crippen LogP contribution in [0.3, 0.4) is 0 Å². The molecule has 7 heteroatoms. The Balaban J connectivity index is 2.99. The molecule has 0 atom stereocenters. The van der Waals surface area contributed by atoms with Crippen molar-refractivity contribution in [2.24, 2.45) is 0 Å². The van der Waals surface area contributed by atoms with Gasteiger partial charge in [0, 0.05) is 3.57 Å². The van der Waals surface area contributed by atoms with Crippen LogP contribution in [0.5, 0.6) is 0 Å². The lowest BCUT2D eigenvalue weighted by Gasteiger charge is -2.08. The maximum Gasteiger partial charge on any atom is 0.311 e. The third-order valence-corrected chi connectivity index (χ3v) is 3.09. The number of esters is 1. The van der Waals surface area contributed by atoms with Crippen LogP contribution in [0.25, 0.3) is 0 Å². The van der Waals surface area contributed by atoms with Crippen LogP contribution < -0.4 is 0 Å². The zero-order valence-corrected chi connectivity index (χ0v) is 11.8. The summed E-state index contributed by atoms with van der Waals surface area (Å²) in [6.07, 6.45) is -2.90. The Morgan fingerprint density at radius 1 is 1.65 bits per heavy atom. The van der Waals surface area contributed by atoms with E-state index < -0.39 is 18.1 Å². The number of carbonyl (C=O) groups is 1. The Morgan fingerprint density at radius 2 is 2.29 bits per heavy atom. The minimum atomic E-state index is -2.76. The van der Waals surface area contributed by atoms with E-state index in [9.17, 15) is 13.6 Å². The molecule has 1 aromatic rings. The van der Waals surface area contributed by atoms with Gasteiger partial charge in [0.05, 0.1) is 23.7 Å². The van der Waals surface area contributed by atoms with Gasteiger partial charge in [-0.2, -0.15) is 0 Å². The predicted octanol–water partition coefficient (Wildman–Crippen LogP) is 3.38. The van der Waals surface area contributed by atoms with Crippen LogP contribution in [0.2, 0.25) is 5.02 Å². The third-order valence-electron chi connectivity index (χ3n) is 1.85. The van der Waals surface area contributed by atoms with E-state index >= 15 is 0 Å². The highest BCUT2D eigenvalue weighted by Gasteiger charge is 2.18. The van der Waals surface area contributed by atoms with Crippen molar-refractivity contribution in [2.75, 3.05) is 6.61 Å². The number of hydrogen-bond acceptors (Lipinski definition) is 3. The molecule has 1 heterocycles. The topological polar surface area (TPSA) is 39.2 Å². The molecule has 0 bridgehead atoms. The zero-order valence-electron chi connectivity index (χ0n) is 8.84. The van der Waals surface area contributed by atoms with E-state index in [1.165, 1.54) is 6.07 Å². The van der Waals surface area contributed by atoms with Gasteiger partial charge >= 0.3 is 5.97 Å². The van der Waals surface area contributed by atoms with E-state index in [-0.39, 0.29) is 23.7 Å². The number of hydrogen-bond donors (Lipinski definition) is 0. The third kappa shape index (κ3) is 4.02. The van der Waals surface area contributed by atoms with E-state index in [1.54, 1.807) is 6.92 Å². The number of rotatable bonds is 4. The normalized spacial score (nSPS) is 10.7. The summed E-state index contributed by atoms with van der Waals surface area (Å²) < 4.78 is 30.4. The first-order valence-corrected chi connectivity index (χ1v) is 6.20. The van der Waals surface area contributed by atoms with Gasteiger partial charge < -0.3 is 4.74 Å². The van der Waals surface area contributed by atoms with E-state index in [0.29, 0.717) is 3.57 Å². The van der Waals surface area contributed by atoms with Crippen molar-refractivity contribution in [3.05, 3.63) is 26.0 Å². The van der Waals surface area contributed by atoms with Crippen LogP contribution in [0.1, 0.15) is 24.7 Å². The number of pyridine rings is 1. The molecule has 17 heavy (non-hydrogen) atoms. The average molecular weight is 376 g/mol. The Morgan fingerprint density at radius 3 is 2.82 bits per heavy atom. The van der Waals surface area contributed by atoms with Crippen molar-refractivity contribution in [1.82, 2.24) is 4.98 Å². The molecular weight excluding hydrogens is 366 g/mol. The summed E-state index contributed by atoms with van der Waals surface area (Å²) in [6.45, 7) is 1.91. The summed E-state index contributed by atoms with van der Waals surface area (Å²) in [6, 6.07) is 1.37. The number of aromatic nitrogens is 1. The summed E-state index contributed by atoms with van der Waals surface area (Å²) in [5.74, 6) is -0.500. The molecule has 0 aliphatic heterocycles. The van der Waals surface area contributed by atoms with E-state index in [0.717, 1.165) is 0 Å². The highest BCUT2D eigenvalue weighted by atomic mass is 127. The van der Waals surface area contributed by atoms with Crippen molar-refractivity contribution in [3.63, 3.8) is 0 Å². The fourth-order valence-electron chi connectivity index (χ4n) is 1.15. The Kier molecular flexibility index (Phi) is 5.51. The average Bonchev–Trinajstić information content (AvgIpc) is 2.21. The number of carbonyl (C=O) groups excluding carboxylic acids is 1. The van der Waals surface area contributed by atoms with E-state index in [2.05, 4.69) is 4.98 Å². The summed E-state index contributed by atoms with van der Waals surface area (Å²) in [4.78, 5) is 14.9. The van der Waals surface area contributed by atoms with Crippen molar-refractivity contribution >= 4 is 40.2 Å². The first-order chi connectivity index (χ1) is 7.95. The first-order valence-electron chi connectivity index (χ1n) is 4.74. The summed E-state index contributed by atoms with van der Waals surface area (Å²) in [5, 5.41) is -0.1000. The molecule has 1 aromatic heterocycles. The van der Waals surface area contributed by atoms with Crippen LogP contribution in [0, 0.1) is 3.57 Å². The lowest BCUT2D eigenvalue weighted by Crippen LogP contribution is -2.11. The van der Waals surface area contributed by atoms with Crippen molar-refractivity contribution in [1.29, 1.82) is 0 Å². The smallest absolute Gasteiger partial charge is 0.311 e. The Labute approximate surface area is 116 Å². The van der Waals surface area contributed by atoms with Crippen LogP contribution in [0.4, 0.5) is 8.78 Å². The molecule has 0 radical (unpaired) electrons. The molecule has 94 valence electrons. The first kappa shape index (κ1) is 14.6. The molecule has 0 aliphatic carbocycles. The second-order valence-electron chi connectivity index (χ2n) is 3.07. The van der Waals surface area contributed by atoms with Crippen molar-refractivity contribution in [3.8, 4) is 0 Å². The summed E-state index contributed by atoms with van der Waals surface area (Å²) in [5.41, 5.74) is -0.255. The summed E-state index contributed by atoms with van der Waals surface area (Å²) >= 11 is 7.52. The lowest BCUT2D eigenvalue weighted by atomic mass is 10.2. The van der Waals surface area contributed by atoms with Gasteiger partial charge in [-0.3, -0.25) is 4.79 Å². The fourth-order valence-corrected chi connectivity index (χ4v) is 2.19. The van der Waals surface area contributed by atoms with Crippen molar-refractivity contribution < 1.29 is 18.3 Å². The molecule has 3 nitrogen and oxygen atoms in total. The standard InChI is InChI=1S/C10H9ClF2INO2/c1-2-17-8(16)4-7-6(14)3-5(11)9(15-7)10(12)13/h3,10H,2,4H2,1H3. The number of halogens is 4. The number of ether oxygens (including phenoxy) is 1. The highest BCUT2D eigenvalue weighted by molar-refractivity contribution is 14.1. The molecule has 0 fully saturated rings. The molecule has 0 aliphatic rings. The number of nitrogens with zero attached hydrogens (tertiary/aromatic N) is 1. The van der Waals surface area contributed by atoms with Crippen molar-refractivity contribution in [2.45, 2.75) is 19.8 Å². The maximum absolute atomic E-state index is 12.6. The lowest BCUT2D eigenvalue weighted by molar-refractivity contribution is -0.142. The number of alkyl halides is 2. The quantitative estimate of drug-likeness (QED) is 0.598. The van der Waals surface area contributed by atoms with Crippen LogP contribution in [-0.4, -0.2) is 17.6 Å². The minimum absolute atomic E-state index is 0.1000. The second-order valence-corrected chi connectivity index (χ2v) is 4.64. The fraction of sp³-hybridized carbons (Fsp3) is 0.400. The van der Waals surface area contributed by atoms with Gasteiger partial charge in [-0.15, -0.1) is 0 Å². The largest absolute Gasteiger partial charge is 0.466 e. The SMILES string of the molecule is CCOC(=O)Cc1nc(C(F)F)c(Cl)cc1I. The zero-order chi connectivity index (χ0) is 13.0. The molecule has 0 amide bonds. The Bertz CT molecular complexity index is 429. The second kappa shape index (κ2) is 6.44. The van der Waals surface area contributed by atoms with E-state index in [4.69, 9.17) is 16.3 Å². The molecule has 0 N–H and O–H groups in total. The molecule has 0 spiro atoms. The highest BCUT2D eigenvalue weighted by Crippen LogP contribution is 2.28. The summed E-state index contributed by atoms with van der Waals surface area (Å²) in [7, 11) is 0. The monoisotopic (exact) mass is 375 g/mol. The molecule has 0 unspecified atom stereocenters. The molecule has 1 rings (SSSR count). The van der Waals surface area contributed by atoms with Gasteiger partial charge in [-0.05, 0) is 35.6 Å². The van der Waals surface area contributed by atoms with Crippen LogP contribution >= 0.6 is 34.2 Å². The van der Waals surface area contributed by atoms with Gasteiger partial charge in [0.2, 0.25) is 0 Å². The maximum atomic E-state index is 12.6. The predicted molar refractivity (Wildman–Crippen MR) is 67.3 cm³/mol. The van der Waals surface area contributed by atoms with Gasteiger partial charge in [0.15, 0.2) is 0 Å². The van der Waals surface area contributed by atoms with Gasteiger partial charge in [-0.1, -0.05) is 11.6 Å². The molecule has 0 saturated heterocycles. The van der Waals surface area contributed by atoms with Gasteiger partial charge in [-0.25, -0.2) is 13.8 Å².